The molecule has 140 valence electrons. The molecular formula is C19H22O7. The Morgan fingerprint density at radius 1 is 0.885 bits per heavy atom. The molecule has 0 amide bonds. The highest BCUT2D eigenvalue weighted by Crippen LogP contribution is 2.62. The number of rotatable bonds is 6. The first-order valence-electron chi connectivity index (χ1n) is 7.93. The van der Waals surface area contributed by atoms with Gasteiger partial charge in [0.1, 0.15) is 17.6 Å². The zero-order valence-corrected chi connectivity index (χ0v) is 15.3. The summed E-state index contributed by atoms with van der Waals surface area (Å²) >= 11 is 0. The van der Waals surface area contributed by atoms with E-state index in [0.717, 1.165) is 0 Å². The summed E-state index contributed by atoms with van der Waals surface area (Å²) < 4.78 is 26.8. The van der Waals surface area contributed by atoms with E-state index >= 15 is 0 Å². The van der Waals surface area contributed by atoms with Crippen LogP contribution in [0.3, 0.4) is 0 Å². The lowest BCUT2D eigenvalue weighted by Gasteiger charge is -2.47. The van der Waals surface area contributed by atoms with Gasteiger partial charge in [-0.15, -0.1) is 0 Å². The van der Waals surface area contributed by atoms with Gasteiger partial charge in [-0.25, -0.2) is 0 Å². The molecule has 0 spiro atoms. The number of benzene rings is 2. The molecular weight excluding hydrogens is 340 g/mol. The second kappa shape index (κ2) is 6.59. The van der Waals surface area contributed by atoms with Crippen LogP contribution in [0.15, 0.2) is 24.3 Å². The first-order chi connectivity index (χ1) is 12.5. The molecule has 0 saturated carbocycles. The van der Waals surface area contributed by atoms with E-state index in [1.165, 1.54) is 35.5 Å². The van der Waals surface area contributed by atoms with E-state index in [1.54, 1.807) is 24.3 Å². The lowest BCUT2D eigenvalue weighted by atomic mass is 9.65. The molecule has 2 atom stereocenters. The Hall–Kier alpha value is -2.64. The van der Waals surface area contributed by atoms with Crippen molar-refractivity contribution in [2.75, 3.05) is 35.5 Å². The van der Waals surface area contributed by atoms with Crippen molar-refractivity contribution in [3.8, 4) is 28.7 Å². The number of aliphatic hydroxyl groups is 1. The van der Waals surface area contributed by atoms with Crippen LogP contribution in [0, 0.1) is 0 Å². The second-order valence-electron chi connectivity index (χ2n) is 5.87. The highest BCUT2D eigenvalue weighted by molar-refractivity contribution is 5.70. The maximum Gasteiger partial charge on any atom is 0.201 e. The molecule has 1 aliphatic rings. The fourth-order valence-electron chi connectivity index (χ4n) is 3.56. The molecule has 7 heteroatoms. The minimum absolute atomic E-state index is 0.125. The third-order valence-corrected chi connectivity index (χ3v) is 4.77. The van der Waals surface area contributed by atoms with Gasteiger partial charge in [-0.2, -0.15) is 0 Å². The third kappa shape index (κ3) is 2.28. The van der Waals surface area contributed by atoms with Gasteiger partial charge in [0.05, 0.1) is 28.4 Å². The van der Waals surface area contributed by atoms with Crippen LogP contribution < -0.4 is 18.9 Å². The summed E-state index contributed by atoms with van der Waals surface area (Å²) in [6.07, 6.45) is -0.707. The van der Waals surface area contributed by atoms with Gasteiger partial charge in [-0.05, 0) is 29.8 Å². The summed E-state index contributed by atoms with van der Waals surface area (Å²) in [6, 6.07) is 6.74. The first-order valence-corrected chi connectivity index (χ1v) is 7.93. The van der Waals surface area contributed by atoms with E-state index in [9.17, 15) is 10.2 Å². The molecule has 0 fully saturated rings. The zero-order valence-electron chi connectivity index (χ0n) is 15.3. The van der Waals surface area contributed by atoms with Crippen molar-refractivity contribution in [1.82, 2.24) is 0 Å². The minimum atomic E-state index is -1.60. The number of phenols is 1. The van der Waals surface area contributed by atoms with Gasteiger partial charge >= 0.3 is 0 Å². The van der Waals surface area contributed by atoms with Gasteiger partial charge in [0, 0.05) is 18.2 Å². The molecule has 0 aromatic heterocycles. The monoisotopic (exact) mass is 362 g/mol. The number of hydrogen-bond acceptors (Lipinski definition) is 7. The Balaban J connectivity index is 2.31. The molecule has 3 rings (SSSR count). The largest absolute Gasteiger partial charge is 0.502 e. The Morgan fingerprint density at radius 2 is 1.58 bits per heavy atom. The van der Waals surface area contributed by atoms with Crippen molar-refractivity contribution in [2.24, 2.45) is 0 Å². The van der Waals surface area contributed by atoms with E-state index in [1.807, 2.05) is 0 Å². The van der Waals surface area contributed by atoms with Crippen LogP contribution in [-0.4, -0.2) is 45.8 Å². The number of ether oxygens (including phenoxy) is 5. The predicted molar refractivity (Wildman–Crippen MR) is 93.5 cm³/mol. The molecule has 0 saturated heterocycles. The Morgan fingerprint density at radius 3 is 2.12 bits per heavy atom. The highest BCUT2D eigenvalue weighted by Gasteiger charge is 2.57. The molecule has 1 aliphatic carbocycles. The topological polar surface area (TPSA) is 86.6 Å². The highest BCUT2D eigenvalue weighted by atomic mass is 16.5. The summed E-state index contributed by atoms with van der Waals surface area (Å²) in [5.74, 6) is 1.18. The number of fused-ring (bicyclic) bond motifs is 1. The van der Waals surface area contributed by atoms with E-state index in [-0.39, 0.29) is 17.2 Å². The SMILES string of the molecule is COc1ccc(OC)c([C@]2(O)c3c(cc(OC)c(O)c3OC)[C@@H]2OC)c1. The van der Waals surface area contributed by atoms with Gasteiger partial charge in [-0.3, -0.25) is 0 Å². The van der Waals surface area contributed by atoms with Crippen molar-refractivity contribution in [2.45, 2.75) is 11.7 Å². The molecule has 0 bridgehead atoms. The van der Waals surface area contributed by atoms with Crippen molar-refractivity contribution >= 4 is 0 Å². The Kier molecular flexibility index (Phi) is 4.60. The molecule has 2 aromatic carbocycles. The van der Waals surface area contributed by atoms with Gasteiger partial charge in [0.25, 0.3) is 0 Å². The maximum atomic E-state index is 11.6. The van der Waals surface area contributed by atoms with Crippen LogP contribution in [0.4, 0.5) is 0 Å². The van der Waals surface area contributed by atoms with Crippen LogP contribution in [0.1, 0.15) is 22.8 Å². The lowest BCUT2D eigenvalue weighted by molar-refractivity contribution is -0.105. The number of phenolic OH excluding ortho intramolecular Hbond substituents is 1. The quantitative estimate of drug-likeness (QED) is 0.816. The fourth-order valence-corrected chi connectivity index (χ4v) is 3.56. The van der Waals surface area contributed by atoms with Gasteiger partial charge in [0.15, 0.2) is 17.1 Å². The van der Waals surface area contributed by atoms with Crippen LogP contribution in [0.5, 0.6) is 28.7 Å². The first kappa shape index (κ1) is 18.2. The molecule has 0 radical (unpaired) electrons. The Labute approximate surface area is 151 Å². The summed E-state index contributed by atoms with van der Waals surface area (Å²) in [4.78, 5) is 0. The normalized spacial score (nSPS) is 20.8. The van der Waals surface area contributed by atoms with Gasteiger partial charge < -0.3 is 33.9 Å². The van der Waals surface area contributed by atoms with Crippen LogP contribution >= 0.6 is 0 Å². The summed E-state index contributed by atoms with van der Waals surface area (Å²) in [6.45, 7) is 0. The fraction of sp³-hybridized carbons (Fsp3) is 0.368. The summed E-state index contributed by atoms with van der Waals surface area (Å²) in [5.41, 5.74) is -0.0939. The molecule has 7 nitrogen and oxygen atoms in total. The van der Waals surface area contributed by atoms with Crippen LogP contribution in [0.2, 0.25) is 0 Å². The van der Waals surface area contributed by atoms with Crippen molar-refractivity contribution in [1.29, 1.82) is 0 Å². The molecule has 26 heavy (non-hydrogen) atoms. The third-order valence-electron chi connectivity index (χ3n) is 4.77. The number of methoxy groups -OCH3 is 5. The number of hydrogen-bond donors (Lipinski definition) is 2. The molecule has 2 N–H and O–H groups in total. The average Bonchev–Trinajstić information content (AvgIpc) is 2.67. The van der Waals surface area contributed by atoms with Crippen LogP contribution in [-0.2, 0) is 10.3 Å². The zero-order chi connectivity index (χ0) is 19.1. The average molecular weight is 362 g/mol. The smallest absolute Gasteiger partial charge is 0.201 e. The predicted octanol–water partition coefficient (Wildman–Crippen LogP) is 2.36. The molecule has 0 aliphatic heterocycles. The minimum Gasteiger partial charge on any atom is -0.502 e. The number of aromatic hydroxyl groups is 1. The lowest BCUT2D eigenvalue weighted by Crippen LogP contribution is -2.46. The van der Waals surface area contributed by atoms with Crippen molar-refractivity contribution < 1.29 is 33.9 Å². The summed E-state index contributed by atoms with van der Waals surface area (Å²) in [7, 11) is 7.40. The maximum absolute atomic E-state index is 11.6. The van der Waals surface area contributed by atoms with E-state index < -0.39 is 11.7 Å². The second-order valence-corrected chi connectivity index (χ2v) is 5.87. The van der Waals surface area contributed by atoms with E-state index in [0.29, 0.717) is 28.2 Å². The standard InChI is InChI=1S/C19H22O7/c1-22-10-6-7-13(23-2)12(8-10)19(21)15-11(18(19)26-5)9-14(24-3)16(20)17(15)25-4/h6-9,18,20-21H,1-5H3/t18-,19-/m0/s1. The molecule has 2 aromatic rings. The van der Waals surface area contributed by atoms with Crippen molar-refractivity contribution in [3.63, 3.8) is 0 Å². The van der Waals surface area contributed by atoms with E-state index in [2.05, 4.69) is 0 Å². The van der Waals surface area contributed by atoms with Gasteiger partial charge in [0.2, 0.25) is 5.75 Å². The van der Waals surface area contributed by atoms with Gasteiger partial charge in [-0.1, -0.05) is 0 Å². The van der Waals surface area contributed by atoms with E-state index in [4.69, 9.17) is 23.7 Å². The molecule has 0 unspecified atom stereocenters. The summed E-state index contributed by atoms with van der Waals surface area (Å²) in [5, 5.41) is 22.1. The van der Waals surface area contributed by atoms with Crippen LogP contribution in [0.25, 0.3) is 0 Å². The Bertz CT molecular complexity index is 833. The van der Waals surface area contributed by atoms with Crippen molar-refractivity contribution in [3.05, 3.63) is 41.0 Å². The molecule has 0 heterocycles.